The molecule has 0 radical (unpaired) electrons. The number of hydrogen-bond donors (Lipinski definition) is 15. The Balaban J connectivity index is 5.15. The van der Waals surface area contributed by atoms with E-state index in [0.717, 1.165) is 0 Å². The highest BCUT2D eigenvalue weighted by Gasteiger charge is 2.45. The van der Waals surface area contributed by atoms with Gasteiger partial charge in [-0.05, 0) is 19.3 Å². The third kappa shape index (κ3) is 8.85. The summed E-state index contributed by atoms with van der Waals surface area (Å²) in [6.07, 6.45) is -31.2. The second-order valence-electron chi connectivity index (χ2n) is 7.97. The molecule has 0 aliphatic heterocycles. The van der Waals surface area contributed by atoms with Crippen molar-refractivity contribution in [3.8, 4) is 0 Å². The lowest BCUT2D eigenvalue weighted by atomic mass is 9.88. The van der Waals surface area contributed by atoms with Crippen molar-refractivity contribution in [1.82, 2.24) is 0 Å². The molecule has 0 saturated heterocycles. The minimum atomic E-state index is -2.61. The molecule has 15 N–H and O–H groups in total. The number of rotatable bonds is 17. The summed E-state index contributed by atoms with van der Waals surface area (Å²) in [5.74, 6) is -2.00. The largest absolute Gasteiger partial charge is 0.479 e. The maximum atomic E-state index is 10.6. The van der Waals surface area contributed by atoms with Crippen molar-refractivity contribution >= 4 is 5.97 Å². The van der Waals surface area contributed by atoms with E-state index in [0.29, 0.717) is 0 Å². The van der Waals surface area contributed by atoms with Crippen LogP contribution in [0.1, 0.15) is 19.3 Å². The van der Waals surface area contributed by atoms with E-state index < -0.39 is 85.3 Å². The van der Waals surface area contributed by atoms with Gasteiger partial charge < -0.3 is 76.6 Å². The van der Waals surface area contributed by atoms with Gasteiger partial charge in [0.25, 0.3) is 0 Å². The van der Waals surface area contributed by atoms with Crippen LogP contribution in [0.15, 0.2) is 0 Å². The van der Waals surface area contributed by atoms with Gasteiger partial charge in [0.1, 0.15) is 67.1 Å². The Kier molecular flexibility index (Phi) is 14.6. The van der Waals surface area contributed by atoms with Crippen LogP contribution in [0.2, 0.25) is 0 Å². The van der Waals surface area contributed by atoms with E-state index in [1.54, 1.807) is 0 Å². The lowest BCUT2D eigenvalue weighted by Gasteiger charge is -2.36. The third-order valence-electron chi connectivity index (χ3n) is 5.38. The number of carboxylic acids is 1. The van der Waals surface area contributed by atoms with Crippen LogP contribution in [0.3, 0.4) is 0 Å². The van der Waals surface area contributed by atoms with Crippen molar-refractivity contribution in [2.75, 3.05) is 6.61 Å². The molecule has 34 heavy (non-hydrogen) atoms. The predicted molar refractivity (Wildman–Crippen MR) is 107 cm³/mol. The number of hydrogen-bond acceptors (Lipinski definition) is 15. The maximum Gasteiger partial charge on any atom is 0.335 e. The van der Waals surface area contributed by atoms with E-state index in [4.69, 9.17) is 10.2 Å². The predicted octanol–water partition coefficient (Wildman–Crippen LogP) is -8.07. The molecule has 16 nitrogen and oxygen atoms in total. The molecule has 13 unspecified atom stereocenters. The van der Waals surface area contributed by atoms with Crippen molar-refractivity contribution in [3.05, 3.63) is 0 Å². The second kappa shape index (κ2) is 15.1. The van der Waals surface area contributed by atoms with Crippen molar-refractivity contribution in [2.45, 2.75) is 98.6 Å². The Morgan fingerprint density at radius 2 is 0.765 bits per heavy atom. The van der Waals surface area contributed by atoms with Gasteiger partial charge in [0.15, 0.2) is 6.10 Å². The molecule has 0 aliphatic rings. The first-order chi connectivity index (χ1) is 15.6. The summed E-state index contributed by atoms with van der Waals surface area (Å²) in [5.41, 5.74) is 0. The molecule has 0 bridgehead atoms. The highest BCUT2D eigenvalue weighted by Crippen LogP contribution is 2.19. The first-order valence-corrected chi connectivity index (χ1v) is 10.3. The van der Waals surface area contributed by atoms with Crippen LogP contribution < -0.4 is 0 Å². The first-order valence-electron chi connectivity index (χ1n) is 10.3. The van der Waals surface area contributed by atoms with Gasteiger partial charge in [0.05, 0.1) is 6.10 Å². The van der Waals surface area contributed by atoms with E-state index >= 15 is 0 Å². The Hall–Kier alpha value is -1.09. The van der Waals surface area contributed by atoms with Gasteiger partial charge in [-0.1, -0.05) is 0 Å². The minimum Gasteiger partial charge on any atom is -0.479 e. The summed E-state index contributed by atoms with van der Waals surface area (Å²) in [4.78, 5) is 10.6. The van der Waals surface area contributed by atoms with Crippen LogP contribution in [0.25, 0.3) is 0 Å². The van der Waals surface area contributed by atoms with Crippen LogP contribution in [0.5, 0.6) is 0 Å². The Bertz CT molecular complexity index is 580. The zero-order valence-electron chi connectivity index (χ0n) is 18.0. The number of aliphatic hydroxyl groups is 14. The third-order valence-corrected chi connectivity index (χ3v) is 5.38. The Morgan fingerprint density at radius 1 is 0.471 bits per heavy atom. The summed E-state index contributed by atoms with van der Waals surface area (Å²) < 4.78 is 0. The lowest BCUT2D eigenvalue weighted by molar-refractivity contribution is -0.203. The van der Waals surface area contributed by atoms with Gasteiger partial charge in [-0.3, -0.25) is 0 Å². The highest BCUT2D eigenvalue weighted by atomic mass is 16.4. The quantitative estimate of drug-likeness (QED) is 0.0810. The zero-order valence-corrected chi connectivity index (χ0v) is 18.0. The SMILES string of the molecule is O=C(O)C(O)C(O)C(O)C(O)C(O)C(O)C(O)C(O)C(O)C(O)C(O)C(O)C(O)CCCCO. The number of carbonyl (C=O) groups is 1. The number of carboxylic acid groups (broad SMARTS) is 1. The minimum absolute atomic E-state index is 0.111. The van der Waals surface area contributed by atoms with E-state index in [1.807, 2.05) is 0 Å². The molecular formula is C18H36O16. The fourth-order valence-electron chi connectivity index (χ4n) is 3.01. The molecule has 0 aromatic heterocycles. The molecule has 0 aromatic rings. The molecule has 0 aromatic carbocycles. The van der Waals surface area contributed by atoms with Gasteiger partial charge in [0.2, 0.25) is 0 Å². The molecule has 0 amide bonds. The molecular weight excluding hydrogens is 472 g/mol. The number of aliphatic hydroxyl groups excluding tert-OH is 14. The maximum absolute atomic E-state index is 10.6. The number of unbranched alkanes of at least 4 members (excludes halogenated alkanes) is 1. The molecule has 0 heterocycles. The van der Waals surface area contributed by atoms with Crippen LogP contribution in [0, 0.1) is 0 Å². The molecule has 0 saturated carbocycles. The molecule has 16 heteroatoms. The molecule has 0 rings (SSSR count). The van der Waals surface area contributed by atoms with Gasteiger partial charge in [-0.2, -0.15) is 0 Å². The summed E-state index contributed by atoms with van der Waals surface area (Å²) in [5, 5.41) is 145. The highest BCUT2D eigenvalue weighted by molar-refractivity contribution is 5.72. The van der Waals surface area contributed by atoms with Gasteiger partial charge >= 0.3 is 5.97 Å². The van der Waals surface area contributed by atoms with Crippen LogP contribution in [0.4, 0.5) is 0 Å². The average Bonchev–Trinajstić information content (AvgIpc) is 2.82. The molecule has 0 fully saturated rings. The Labute approximate surface area is 193 Å². The van der Waals surface area contributed by atoms with E-state index in [2.05, 4.69) is 0 Å². The standard InChI is InChI=1S/C18H36O16/c19-4-2-1-3-5(20)6(21)7(22)8(23)9(24)10(25)11(26)12(27)13(28)14(29)15(30)16(31)17(32)18(33)34/h5-17,19-32H,1-4H2,(H,33,34). The fourth-order valence-corrected chi connectivity index (χ4v) is 3.01. The smallest absolute Gasteiger partial charge is 0.335 e. The molecule has 204 valence electrons. The summed E-state index contributed by atoms with van der Waals surface area (Å²) in [7, 11) is 0. The molecule has 0 spiro atoms. The topological polar surface area (TPSA) is 321 Å². The van der Waals surface area contributed by atoms with E-state index in [-0.39, 0.29) is 25.9 Å². The van der Waals surface area contributed by atoms with Crippen molar-refractivity contribution in [2.24, 2.45) is 0 Å². The van der Waals surface area contributed by atoms with Gasteiger partial charge in [-0.15, -0.1) is 0 Å². The fraction of sp³-hybridized carbons (Fsp3) is 0.944. The van der Waals surface area contributed by atoms with Crippen molar-refractivity contribution < 1.29 is 81.4 Å². The Morgan fingerprint density at radius 3 is 1.06 bits per heavy atom. The first kappa shape index (κ1) is 32.9. The van der Waals surface area contributed by atoms with Crippen molar-refractivity contribution in [3.63, 3.8) is 0 Å². The van der Waals surface area contributed by atoms with E-state index in [1.165, 1.54) is 0 Å². The summed E-state index contributed by atoms with van der Waals surface area (Å²) >= 11 is 0. The van der Waals surface area contributed by atoms with Crippen LogP contribution in [-0.4, -0.2) is 169 Å². The summed E-state index contributed by atoms with van der Waals surface area (Å²) in [6, 6.07) is 0. The average molecular weight is 508 g/mol. The molecule has 13 atom stereocenters. The van der Waals surface area contributed by atoms with E-state index in [9.17, 15) is 71.2 Å². The second-order valence-corrected chi connectivity index (χ2v) is 7.97. The van der Waals surface area contributed by atoms with Gasteiger partial charge in [0, 0.05) is 6.61 Å². The summed E-state index contributed by atoms with van der Waals surface area (Å²) in [6.45, 7) is -0.199. The van der Waals surface area contributed by atoms with Crippen LogP contribution in [-0.2, 0) is 4.79 Å². The number of aliphatic carboxylic acids is 1. The lowest BCUT2D eigenvalue weighted by Crippen LogP contribution is -2.60. The van der Waals surface area contributed by atoms with Crippen molar-refractivity contribution in [1.29, 1.82) is 0 Å². The molecule has 0 aliphatic carbocycles. The monoisotopic (exact) mass is 508 g/mol. The van der Waals surface area contributed by atoms with Crippen LogP contribution >= 0.6 is 0 Å². The zero-order chi connectivity index (χ0) is 26.9. The normalized spacial score (nSPS) is 23.9. The van der Waals surface area contributed by atoms with Gasteiger partial charge in [-0.25, -0.2) is 4.79 Å².